The van der Waals surface area contributed by atoms with Crippen molar-refractivity contribution in [2.24, 2.45) is 5.92 Å². The Balaban J connectivity index is 1.93. The number of nitrogens with two attached hydrogens (primary N) is 1. The van der Waals surface area contributed by atoms with Crippen LogP contribution in [-0.4, -0.2) is 12.5 Å². The molecule has 0 aromatic heterocycles. The molecule has 1 amide bonds. The Morgan fingerprint density at radius 1 is 1.08 bits per heavy atom. The van der Waals surface area contributed by atoms with E-state index < -0.39 is 0 Å². The first-order valence-electron chi connectivity index (χ1n) is 8.47. The maximum Gasteiger partial charge on any atom is 0.279 e. The van der Waals surface area contributed by atoms with Crippen LogP contribution in [0.4, 0.5) is 10.1 Å². The van der Waals surface area contributed by atoms with Gasteiger partial charge in [0.25, 0.3) is 5.91 Å². The molecule has 3 N–H and O–H groups in total. The number of hydrogen-bond donors (Lipinski definition) is 2. The van der Waals surface area contributed by atoms with Crippen molar-refractivity contribution >= 4 is 11.6 Å². The highest BCUT2D eigenvalue weighted by atomic mass is 19.1. The first kappa shape index (κ1) is 18.1. The fraction of sp³-hybridized carbons (Fsp3) is 0.350. The van der Waals surface area contributed by atoms with Crippen LogP contribution >= 0.6 is 0 Å². The summed E-state index contributed by atoms with van der Waals surface area (Å²) in [5.74, 6) is 0.0636. The van der Waals surface area contributed by atoms with Crippen LogP contribution in [0.15, 0.2) is 48.5 Å². The molecular formula is C20H26FN2O+. The highest BCUT2D eigenvalue weighted by molar-refractivity contribution is 5.91. The van der Waals surface area contributed by atoms with Gasteiger partial charge in [0.2, 0.25) is 0 Å². The quantitative estimate of drug-likeness (QED) is 0.804. The second-order valence-corrected chi connectivity index (χ2v) is 6.36. The van der Waals surface area contributed by atoms with E-state index in [9.17, 15) is 9.18 Å². The molecule has 0 fully saturated rings. The summed E-state index contributed by atoms with van der Waals surface area (Å²) >= 11 is 0. The number of carbonyl (C=O) groups is 1. The molecule has 0 aliphatic heterocycles. The van der Waals surface area contributed by atoms with Crippen LogP contribution in [0.1, 0.15) is 37.9 Å². The van der Waals surface area contributed by atoms with E-state index in [2.05, 4.69) is 26.1 Å². The standard InChI is InChI=1S/C20H25FN2O/c1-4-15-5-11-18(12-6-15)23-19(24)13-22-20(14(2)3)16-7-9-17(21)10-8-16/h5-12,14,20,22H,4,13H2,1-3H3,(H,23,24)/p+1/t20-/m0/s1. The van der Waals surface area contributed by atoms with Gasteiger partial charge in [-0.25, -0.2) is 4.39 Å². The topological polar surface area (TPSA) is 45.7 Å². The lowest BCUT2D eigenvalue weighted by atomic mass is 9.96. The summed E-state index contributed by atoms with van der Waals surface area (Å²) < 4.78 is 13.1. The molecule has 0 saturated carbocycles. The number of halogens is 1. The minimum atomic E-state index is -0.241. The number of nitrogens with one attached hydrogen (secondary N) is 1. The van der Waals surface area contributed by atoms with Gasteiger partial charge in [-0.1, -0.05) is 45.0 Å². The Kier molecular flexibility index (Phi) is 6.50. The van der Waals surface area contributed by atoms with E-state index in [0.29, 0.717) is 12.5 Å². The van der Waals surface area contributed by atoms with Gasteiger partial charge in [0, 0.05) is 17.2 Å². The Bertz CT molecular complexity index is 650. The van der Waals surface area contributed by atoms with Crippen LogP contribution in [0.5, 0.6) is 0 Å². The van der Waals surface area contributed by atoms with Crippen molar-refractivity contribution in [2.45, 2.75) is 33.2 Å². The van der Waals surface area contributed by atoms with Crippen molar-refractivity contribution in [1.82, 2.24) is 0 Å². The second-order valence-electron chi connectivity index (χ2n) is 6.36. The van der Waals surface area contributed by atoms with Crippen molar-refractivity contribution in [1.29, 1.82) is 0 Å². The minimum Gasteiger partial charge on any atom is -0.332 e. The molecule has 0 bridgehead atoms. The number of anilines is 1. The SMILES string of the molecule is CCc1ccc(NC(=O)C[NH2+][C@H](c2ccc(F)cc2)C(C)C)cc1. The van der Waals surface area contributed by atoms with Crippen LogP contribution in [-0.2, 0) is 11.2 Å². The van der Waals surface area contributed by atoms with Gasteiger partial charge in [0.1, 0.15) is 11.9 Å². The average Bonchev–Trinajstić information content (AvgIpc) is 2.57. The van der Waals surface area contributed by atoms with E-state index in [1.165, 1.54) is 17.7 Å². The minimum absolute atomic E-state index is 0.0352. The van der Waals surface area contributed by atoms with E-state index in [-0.39, 0.29) is 17.8 Å². The molecule has 0 aliphatic carbocycles. The first-order valence-corrected chi connectivity index (χ1v) is 8.47. The fourth-order valence-corrected chi connectivity index (χ4v) is 2.75. The lowest BCUT2D eigenvalue weighted by Crippen LogP contribution is -2.88. The lowest BCUT2D eigenvalue weighted by molar-refractivity contribution is -0.692. The molecule has 2 aromatic rings. The van der Waals surface area contributed by atoms with Crippen molar-refractivity contribution in [3.05, 3.63) is 65.5 Å². The van der Waals surface area contributed by atoms with Crippen LogP contribution in [0.3, 0.4) is 0 Å². The van der Waals surface area contributed by atoms with Crippen LogP contribution in [0.2, 0.25) is 0 Å². The molecule has 0 radical (unpaired) electrons. The largest absolute Gasteiger partial charge is 0.332 e. The lowest BCUT2D eigenvalue weighted by Gasteiger charge is -2.19. The maximum atomic E-state index is 13.1. The average molecular weight is 329 g/mol. The molecule has 0 heterocycles. The third-order valence-electron chi connectivity index (χ3n) is 4.18. The Labute approximate surface area is 143 Å². The van der Waals surface area contributed by atoms with E-state index >= 15 is 0 Å². The van der Waals surface area contributed by atoms with Crippen molar-refractivity contribution in [3.63, 3.8) is 0 Å². The van der Waals surface area contributed by atoms with Gasteiger partial charge in [-0.05, 0) is 36.2 Å². The molecule has 3 nitrogen and oxygen atoms in total. The highest BCUT2D eigenvalue weighted by Crippen LogP contribution is 2.17. The summed E-state index contributed by atoms with van der Waals surface area (Å²) in [5.41, 5.74) is 3.09. The highest BCUT2D eigenvalue weighted by Gasteiger charge is 2.20. The summed E-state index contributed by atoms with van der Waals surface area (Å²) in [6.07, 6.45) is 0.982. The summed E-state index contributed by atoms with van der Waals surface area (Å²) in [6, 6.07) is 14.5. The third kappa shape index (κ3) is 5.17. The summed E-state index contributed by atoms with van der Waals surface area (Å²) in [5, 5.41) is 4.93. The number of quaternary nitrogens is 1. The Morgan fingerprint density at radius 2 is 1.71 bits per heavy atom. The Hall–Kier alpha value is -2.20. The van der Waals surface area contributed by atoms with Gasteiger partial charge in [0.05, 0.1) is 0 Å². The molecule has 0 spiro atoms. The predicted octanol–water partition coefficient (Wildman–Crippen LogP) is 3.29. The summed E-state index contributed by atoms with van der Waals surface area (Å²) in [6.45, 7) is 6.64. The first-order chi connectivity index (χ1) is 11.5. The van der Waals surface area contributed by atoms with Gasteiger partial charge >= 0.3 is 0 Å². The zero-order valence-corrected chi connectivity index (χ0v) is 14.6. The number of hydrogen-bond acceptors (Lipinski definition) is 1. The van der Waals surface area contributed by atoms with Crippen LogP contribution in [0.25, 0.3) is 0 Å². The van der Waals surface area contributed by atoms with Crippen LogP contribution in [0, 0.1) is 11.7 Å². The molecule has 128 valence electrons. The molecule has 0 unspecified atom stereocenters. The normalized spacial score (nSPS) is 12.2. The second kappa shape index (κ2) is 8.60. The van der Waals surface area contributed by atoms with Crippen molar-refractivity contribution in [3.8, 4) is 0 Å². The predicted molar refractivity (Wildman–Crippen MR) is 95.2 cm³/mol. The van der Waals surface area contributed by atoms with E-state index in [1.54, 1.807) is 12.1 Å². The number of amides is 1. The molecule has 1 atom stereocenters. The molecule has 2 aromatic carbocycles. The number of rotatable bonds is 7. The zero-order chi connectivity index (χ0) is 17.5. The molecule has 0 saturated heterocycles. The maximum absolute atomic E-state index is 13.1. The van der Waals surface area contributed by atoms with Gasteiger partial charge in [0.15, 0.2) is 6.54 Å². The summed E-state index contributed by atoms with van der Waals surface area (Å²) in [7, 11) is 0. The van der Waals surface area contributed by atoms with Gasteiger partial charge in [-0.2, -0.15) is 0 Å². The number of benzene rings is 2. The molecule has 4 heteroatoms. The van der Waals surface area contributed by atoms with E-state index in [4.69, 9.17) is 0 Å². The van der Waals surface area contributed by atoms with Crippen LogP contribution < -0.4 is 10.6 Å². The third-order valence-corrected chi connectivity index (χ3v) is 4.18. The van der Waals surface area contributed by atoms with Gasteiger partial charge in [-0.15, -0.1) is 0 Å². The number of carbonyl (C=O) groups excluding carboxylic acids is 1. The van der Waals surface area contributed by atoms with Crippen molar-refractivity contribution < 1.29 is 14.5 Å². The molecular weight excluding hydrogens is 303 g/mol. The fourth-order valence-electron chi connectivity index (χ4n) is 2.75. The molecule has 0 aliphatic rings. The zero-order valence-electron chi connectivity index (χ0n) is 14.6. The number of aryl methyl sites for hydroxylation is 1. The van der Waals surface area contributed by atoms with Gasteiger partial charge < -0.3 is 10.6 Å². The van der Waals surface area contributed by atoms with E-state index in [0.717, 1.165) is 17.7 Å². The van der Waals surface area contributed by atoms with E-state index in [1.807, 2.05) is 29.6 Å². The monoisotopic (exact) mass is 329 g/mol. The van der Waals surface area contributed by atoms with Crippen molar-refractivity contribution in [2.75, 3.05) is 11.9 Å². The molecule has 24 heavy (non-hydrogen) atoms. The smallest absolute Gasteiger partial charge is 0.279 e. The molecule has 2 rings (SSSR count). The van der Waals surface area contributed by atoms with Gasteiger partial charge in [-0.3, -0.25) is 4.79 Å². The summed E-state index contributed by atoms with van der Waals surface area (Å²) in [4.78, 5) is 12.2. The Morgan fingerprint density at radius 3 is 2.25 bits per heavy atom.